The van der Waals surface area contributed by atoms with Crippen molar-refractivity contribution in [3.8, 4) is 0 Å². The van der Waals surface area contributed by atoms with E-state index >= 15 is 0 Å². The lowest BCUT2D eigenvalue weighted by molar-refractivity contribution is -0.143. The van der Waals surface area contributed by atoms with Crippen molar-refractivity contribution < 1.29 is 9.53 Å². The summed E-state index contributed by atoms with van der Waals surface area (Å²) in [5.74, 6) is 1.87. The van der Waals surface area contributed by atoms with Crippen molar-refractivity contribution in [2.24, 2.45) is 0 Å². The summed E-state index contributed by atoms with van der Waals surface area (Å²) < 4.78 is 5.02. The third-order valence-corrected chi connectivity index (χ3v) is 4.57. The van der Waals surface area contributed by atoms with Crippen molar-refractivity contribution >= 4 is 11.8 Å². The molecule has 0 saturated carbocycles. The van der Waals surface area contributed by atoms with Gasteiger partial charge in [0.05, 0.1) is 18.7 Å². The number of carbonyl (C=O) groups excluding carboxylic acids is 1. The first-order valence-electron chi connectivity index (χ1n) is 8.66. The predicted octanol–water partition coefficient (Wildman–Crippen LogP) is 1.70. The number of fused-ring (bicyclic) bond motifs is 1. The fraction of sp³-hybridized carbons (Fsp3) is 0.706. The Morgan fingerprint density at radius 1 is 1.22 bits per heavy atom. The molecule has 0 bridgehead atoms. The topological polar surface area (TPSA) is 58.6 Å². The Balaban J connectivity index is 1.72. The summed E-state index contributed by atoms with van der Waals surface area (Å²) in [6.07, 6.45) is 3.87. The van der Waals surface area contributed by atoms with Gasteiger partial charge in [0.2, 0.25) is 0 Å². The van der Waals surface area contributed by atoms with Crippen molar-refractivity contribution in [1.82, 2.24) is 14.9 Å². The van der Waals surface area contributed by atoms with Crippen molar-refractivity contribution in [1.29, 1.82) is 0 Å². The van der Waals surface area contributed by atoms with Crippen LogP contribution >= 0.6 is 0 Å². The smallest absolute Gasteiger partial charge is 0.307 e. The van der Waals surface area contributed by atoms with Crippen LogP contribution in [0.25, 0.3) is 0 Å². The summed E-state index contributed by atoms with van der Waals surface area (Å²) in [6.45, 7) is 8.98. The zero-order chi connectivity index (χ0) is 16.2. The van der Waals surface area contributed by atoms with Crippen molar-refractivity contribution in [3.63, 3.8) is 0 Å². The van der Waals surface area contributed by atoms with Gasteiger partial charge in [-0.15, -0.1) is 0 Å². The van der Waals surface area contributed by atoms with Crippen molar-refractivity contribution in [3.05, 3.63) is 17.1 Å². The molecule has 1 aromatic rings. The second-order valence-electron chi connectivity index (χ2n) is 6.29. The number of aryl methyl sites for hydroxylation is 1. The standard InChI is InChI=1S/C17H26N4O2/c1-3-23-16(22)7-11-20-10-6-15-14(12-20)17(19-13(2)18-15)21-8-4-5-9-21/h3-12H2,1-2H3. The summed E-state index contributed by atoms with van der Waals surface area (Å²) in [7, 11) is 0. The van der Waals surface area contributed by atoms with Crippen LogP contribution in [0.1, 0.15) is 43.3 Å². The Bertz CT molecular complexity index is 570. The van der Waals surface area contributed by atoms with Gasteiger partial charge in [-0.2, -0.15) is 0 Å². The fourth-order valence-corrected chi connectivity index (χ4v) is 3.44. The van der Waals surface area contributed by atoms with Gasteiger partial charge in [-0.25, -0.2) is 9.97 Å². The first-order valence-corrected chi connectivity index (χ1v) is 8.66. The zero-order valence-electron chi connectivity index (χ0n) is 14.2. The van der Waals surface area contributed by atoms with E-state index < -0.39 is 0 Å². The third kappa shape index (κ3) is 3.80. The molecular formula is C17H26N4O2. The molecule has 2 aliphatic rings. The molecule has 6 heteroatoms. The van der Waals surface area contributed by atoms with Gasteiger partial charge in [0, 0.05) is 44.7 Å². The molecule has 0 unspecified atom stereocenters. The lowest BCUT2D eigenvalue weighted by Gasteiger charge is -2.31. The quantitative estimate of drug-likeness (QED) is 0.770. The van der Waals surface area contributed by atoms with Crippen molar-refractivity contribution in [2.45, 2.75) is 46.1 Å². The molecule has 2 aliphatic heterocycles. The Morgan fingerprint density at radius 3 is 2.74 bits per heavy atom. The maximum absolute atomic E-state index is 11.6. The van der Waals surface area contributed by atoms with E-state index in [9.17, 15) is 4.79 Å². The van der Waals surface area contributed by atoms with Crippen LogP contribution in [0.4, 0.5) is 5.82 Å². The monoisotopic (exact) mass is 318 g/mol. The van der Waals surface area contributed by atoms with Gasteiger partial charge in [-0.05, 0) is 26.7 Å². The lowest BCUT2D eigenvalue weighted by atomic mass is 10.1. The third-order valence-electron chi connectivity index (χ3n) is 4.57. The molecule has 0 aliphatic carbocycles. The van der Waals surface area contributed by atoms with E-state index in [0.29, 0.717) is 13.0 Å². The molecule has 3 heterocycles. The van der Waals surface area contributed by atoms with Gasteiger partial charge in [0.25, 0.3) is 0 Å². The Kier molecular flexibility index (Phi) is 5.10. The second-order valence-corrected chi connectivity index (χ2v) is 6.29. The molecule has 126 valence electrons. The van der Waals surface area contributed by atoms with E-state index in [0.717, 1.165) is 50.8 Å². The molecule has 0 atom stereocenters. The molecule has 6 nitrogen and oxygen atoms in total. The minimum absolute atomic E-state index is 0.113. The number of hydrogen-bond donors (Lipinski definition) is 0. The summed E-state index contributed by atoms with van der Waals surface area (Å²) in [6, 6.07) is 0. The van der Waals surface area contributed by atoms with Crippen LogP contribution in [0.2, 0.25) is 0 Å². The Hall–Kier alpha value is -1.69. The number of nitrogens with zero attached hydrogens (tertiary/aromatic N) is 4. The van der Waals surface area contributed by atoms with Gasteiger partial charge < -0.3 is 9.64 Å². The highest BCUT2D eigenvalue weighted by Gasteiger charge is 2.26. The predicted molar refractivity (Wildman–Crippen MR) is 88.4 cm³/mol. The highest BCUT2D eigenvalue weighted by atomic mass is 16.5. The molecule has 23 heavy (non-hydrogen) atoms. The number of aromatic nitrogens is 2. The number of rotatable bonds is 5. The minimum Gasteiger partial charge on any atom is -0.466 e. The molecule has 1 saturated heterocycles. The van der Waals surface area contributed by atoms with E-state index in [2.05, 4.69) is 14.8 Å². The molecule has 3 rings (SSSR count). The molecule has 0 amide bonds. The number of anilines is 1. The number of carbonyl (C=O) groups is 1. The van der Waals surface area contributed by atoms with Gasteiger partial charge in [0.1, 0.15) is 11.6 Å². The van der Waals surface area contributed by atoms with Gasteiger partial charge in [-0.3, -0.25) is 9.69 Å². The molecule has 1 fully saturated rings. The SMILES string of the molecule is CCOC(=O)CCN1CCc2nc(C)nc(N3CCCC3)c2C1. The summed E-state index contributed by atoms with van der Waals surface area (Å²) in [4.78, 5) is 25.7. The normalized spacial score (nSPS) is 18.1. The highest BCUT2D eigenvalue weighted by molar-refractivity contribution is 5.69. The highest BCUT2D eigenvalue weighted by Crippen LogP contribution is 2.28. The maximum atomic E-state index is 11.6. The van der Waals surface area contributed by atoms with Gasteiger partial charge in [-0.1, -0.05) is 0 Å². The largest absolute Gasteiger partial charge is 0.466 e. The summed E-state index contributed by atoms with van der Waals surface area (Å²) >= 11 is 0. The minimum atomic E-state index is -0.113. The Morgan fingerprint density at radius 2 is 2.00 bits per heavy atom. The molecule has 0 aromatic carbocycles. The number of hydrogen-bond acceptors (Lipinski definition) is 6. The van der Waals surface area contributed by atoms with Gasteiger partial charge in [0.15, 0.2) is 0 Å². The van der Waals surface area contributed by atoms with Crippen LogP contribution < -0.4 is 4.90 Å². The molecule has 0 radical (unpaired) electrons. The Labute approximate surface area is 137 Å². The van der Waals surface area contributed by atoms with Crippen LogP contribution in [0.3, 0.4) is 0 Å². The number of ether oxygens (including phenoxy) is 1. The first-order chi connectivity index (χ1) is 11.2. The molecule has 0 spiro atoms. The van der Waals surface area contributed by atoms with Crippen LogP contribution in [0, 0.1) is 6.92 Å². The fourth-order valence-electron chi connectivity index (χ4n) is 3.44. The average Bonchev–Trinajstić information content (AvgIpc) is 3.06. The second kappa shape index (κ2) is 7.25. The van der Waals surface area contributed by atoms with Crippen LogP contribution in [-0.4, -0.2) is 53.6 Å². The number of esters is 1. The zero-order valence-corrected chi connectivity index (χ0v) is 14.2. The summed E-state index contributed by atoms with van der Waals surface area (Å²) in [5.41, 5.74) is 2.44. The molecular weight excluding hydrogens is 292 g/mol. The molecule has 1 aromatic heterocycles. The van der Waals surface area contributed by atoms with E-state index in [1.165, 1.54) is 24.1 Å². The summed E-state index contributed by atoms with van der Waals surface area (Å²) in [5, 5.41) is 0. The van der Waals surface area contributed by atoms with E-state index in [4.69, 9.17) is 9.72 Å². The lowest BCUT2D eigenvalue weighted by Crippen LogP contribution is -2.35. The average molecular weight is 318 g/mol. The van der Waals surface area contributed by atoms with Gasteiger partial charge >= 0.3 is 5.97 Å². The maximum Gasteiger partial charge on any atom is 0.307 e. The van der Waals surface area contributed by atoms with E-state index in [1.807, 2.05) is 13.8 Å². The van der Waals surface area contributed by atoms with Crippen LogP contribution in [0.5, 0.6) is 0 Å². The van der Waals surface area contributed by atoms with E-state index in [1.54, 1.807) is 0 Å². The first kappa shape index (κ1) is 16.2. The van der Waals surface area contributed by atoms with Crippen LogP contribution in [-0.2, 0) is 22.5 Å². The molecule has 0 N–H and O–H groups in total. The van der Waals surface area contributed by atoms with E-state index in [-0.39, 0.29) is 5.97 Å². The van der Waals surface area contributed by atoms with Crippen LogP contribution in [0.15, 0.2) is 0 Å². The van der Waals surface area contributed by atoms with Crippen molar-refractivity contribution in [2.75, 3.05) is 37.7 Å².